The van der Waals surface area contributed by atoms with Gasteiger partial charge in [0.1, 0.15) is 0 Å². The molecule has 1 aromatic carbocycles. The van der Waals surface area contributed by atoms with Gasteiger partial charge in [0.2, 0.25) is 0 Å². The summed E-state index contributed by atoms with van der Waals surface area (Å²) in [5, 5.41) is 0. The van der Waals surface area contributed by atoms with Crippen molar-refractivity contribution in [1.82, 2.24) is 0 Å². The molecule has 1 unspecified atom stereocenters. The maximum atomic E-state index is 12.6. The Labute approximate surface area is 71.9 Å². The highest BCUT2D eigenvalue weighted by Gasteiger charge is 2.05. The van der Waals surface area contributed by atoms with Gasteiger partial charge in [-0.3, -0.25) is 4.21 Å². The van der Waals surface area contributed by atoms with E-state index < -0.39 is 22.4 Å². The number of hydrogen-bond donors (Lipinski definition) is 0. The van der Waals surface area contributed by atoms with Crippen LogP contribution in [0.15, 0.2) is 23.1 Å². The van der Waals surface area contributed by atoms with Crippen LogP contribution < -0.4 is 0 Å². The minimum Gasteiger partial charge on any atom is -0.254 e. The van der Waals surface area contributed by atoms with Gasteiger partial charge in [-0.25, -0.2) is 8.78 Å². The first-order valence-corrected chi connectivity index (χ1v) is 4.80. The van der Waals surface area contributed by atoms with Crippen LogP contribution in [0, 0.1) is 11.6 Å². The van der Waals surface area contributed by atoms with Gasteiger partial charge in [-0.2, -0.15) is 0 Å². The molecule has 0 heterocycles. The molecule has 1 aromatic rings. The lowest BCUT2D eigenvalue weighted by molar-refractivity contribution is 0.505. The summed E-state index contributed by atoms with van der Waals surface area (Å²) in [5.74, 6) is -1.45. The van der Waals surface area contributed by atoms with E-state index in [4.69, 9.17) is 0 Å². The van der Waals surface area contributed by atoms with Crippen molar-refractivity contribution in [2.45, 2.75) is 11.8 Å². The SMILES string of the molecule is CCS(=O)c1ccc(F)c(F)c1. The van der Waals surface area contributed by atoms with E-state index in [0.717, 1.165) is 12.1 Å². The molecule has 0 saturated carbocycles. The predicted molar refractivity (Wildman–Crippen MR) is 43.3 cm³/mol. The van der Waals surface area contributed by atoms with Crippen molar-refractivity contribution in [3.63, 3.8) is 0 Å². The molecule has 0 aliphatic carbocycles. The molecule has 0 spiro atoms. The molecule has 0 bridgehead atoms. The fourth-order valence-electron chi connectivity index (χ4n) is 0.785. The zero-order valence-corrected chi connectivity index (χ0v) is 7.33. The number of rotatable bonds is 2. The molecule has 0 N–H and O–H groups in total. The molecular formula is C8H8F2OS. The van der Waals surface area contributed by atoms with Crippen molar-refractivity contribution in [3.05, 3.63) is 29.8 Å². The van der Waals surface area contributed by atoms with E-state index in [0.29, 0.717) is 10.6 Å². The van der Waals surface area contributed by atoms with Gasteiger partial charge in [0.15, 0.2) is 11.6 Å². The van der Waals surface area contributed by atoms with Crippen molar-refractivity contribution in [2.75, 3.05) is 5.75 Å². The maximum Gasteiger partial charge on any atom is 0.160 e. The molecular weight excluding hydrogens is 182 g/mol. The topological polar surface area (TPSA) is 17.1 Å². The van der Waals surface area contributed by atoms with Crippen LogP contribution in [0.25, 0.3) is 0 Å². The highest BCUT2D eigenvalue weighted by atomic mass is 32.2. The minimum atomic E-state index is -1.22. The molecule has 1 nitrogen and oxygen atoms in total. The first-order chi connectivity index (χ1) is 5.65. The van der Waals surface area contributed by atoms with Gasteiger partial charge < -0.3 is 0 Å². The molecule has 0 aliphatic heterocycles. The van der Waals surface area contributed by atoms with E-state index in [1.165, 1.54) is 6.07 Å². The summed E-state index contributed by atoms with van der Waals surface area (Å²) >= 11 is 0. The van der Waals surface area contributed by atoms with Crippen molar-refractivity contribution < 1.29 is 13.0 Å². The number of hydrogen-bond acceptors (Lipinski definition) is 1. The molecule has 4 heteroatoms. The van der Waals surface area contributed by atoms with Gasteiger partial charge in [0.05, 0.1) is 10.8 Å². The Morgan fingerprint density at radius 2 is 2.00 bits per heavy atom. The Hall–Kier alpha value is -0.770. The van der Waals surface area contributed by atoms with Crippen molar-refractivity contribution in [1.29, 1.82) is 0 Å². The van der Waals surface area contributed by atoms with Gasteiger partial charge in [-0.1, -0.05) is 6.92 Å². The van der Waals surface area contributed by atoms with Crippen LogP contribution in [0.3, 0.4) is 0 Å². The van der Waals surface area contributed by atoms with Crippen LogP contribution >= 0.6 is 0 Å². The fourth-order valence-corrected chi connectivity index (χ4v) is 1.57. The Bertz CT molecular complexity index is 312. The largest absolute Gasteiger partial charge is 0.254 e. The van der Waals surface area contributed by atoms with Gasteiger partial charge in [0, 0.05) is 10.6 Å². The Morgan fingerprint density at radius 3 is 2.50 bits per heavy atom. The molecule has 0 aliphatic rings. The smallest absolute Gasteiger partial charge is 0.160 e. The summed E-state index contributed by atoms with van der Waals surface area (Å²) < 4.78 is 36.1. The third kappa shape index (κ3) is 1.88. The predicted octanol–water partition coefficient (Wildman–Crippen LogP) is 2.09. The molecule has 0 amide bonds. The highest BCUT2D eigenvalue weighted by molar-refractivity contribution is 7.85. The summed E-state index contributed by atoms with van der Waals surface area (Å²) in [6.45, 7) is 1.72. The Morgan fingerprint density at radius 1 is 1.33 bits per heavy atom. The summed E-state index contributed by atoms with van der Waals surface area (Å²) in [5.41, 5.74) is 0. The zero-order valence-electron chi connectivity index (χ0n) is 6.51. The summed E-state index contributed by atoms with van der Waals surface area (Å²) in [6.07, 6.45) is 0. The summed E-state index contributed by atoms with van der Waals surface area (Å²) in [7, 11) is -1.22. The van der Waals surface area contributed by atoms with Crippen LogP contribution in [0.4, 0.5) is 8.78 Å². The van der Waals surface area contributed by atoms with E-state index in [1.807, 2.05) is 0 Å². The average molecular weight is 190 g/mol. The molecule has 0 radical (unpaired) electrons. The van der Waals surface area contributed by atoms with E-state index >= 15 is 0 Å². The third-order valence-electron chi connectivity index (χ3n) is 1.42. The van der Waals surface area contributed by atoms with Crippen molar-refractivity contribution >= 4 is 10.8 Å². The second-order valence-corrected chi connectivity index (χ2v) is 3.95. The standard InChI is InChI=1S/C8H8F2OS/c1-2-12(11)6-3-4-7(9)8(10)5-6/h3-5H,2H2,1H3. The lowest BCUT2D eigenvalue weighted by Crippen LogP contribution is -1.95. The maximum absolute atomic E-state index is 12.6. The molecule has 0 fully saturated rings. The number of benzene rings is 1. The van der Waals surface area contributed by atoms with Crippen molar-refractivity contribution in [3.8, 4) is 0 Å². The summed E-state index contributed by atoms with van der Waals surface area (Å²) in [6, 6.07) is 3.28. The van der Waals surface area contributed by atoms with Gasteiger partial charge in [0.25, 0.3) is 0 Å². The number of halogens is 2. The van der Waals surface area contributed by atoms with Gasteiger partial charge >= 0.3 is 0 Å². The molecule has 0 aromatic heterocycles. The van der Waals surface area contributed by atoms with Gasteiger partial charge in [-0.15, -0.1) is 0 Å². The molecule has 66 valence electrons. The molecule has 12 heavy (non-hydrogen) atoms. The molecule has 1 atom stereocenters. The third-order valence-corrected chi connectivity index (χ3v) is 2.72. The lowest BCUT2D eigenvalue weighted by atomic mass is 10.3. The zero-order chi connectivity index (χ0) is 9.14. The van der Waals surface area contributed by atoms with Crippen molar-refractivity contribution in [2.24, 2.45) is 0 Å². The van der Waals surface area contributed by atoms with E-state index in [1.54, 1.807) is 6.92 Å². The van der Waals surface area contributed by atoms with Crippen LogP contribution in [0.5, 0.6) is 0 Å². The van der Waals surface area contributed by atoms with Crippen LogP contribution in [-0.4, -0.2) is 9.96 Å². The van der Waals surface area contributed by atoms with E-state index in [2.05, 4.69) is 0 Å². The Kier molecular flexibility index (Phi) is 2.92. The molecule has 0 saturated heterocycles. The summed E-state index contributed by atoms with van der Waals surface area (Å²) in [4.78, 5) is 0.330. The van der Waals surface area contributed by atoms with Gasteiger partial charge in [-0.05, 0) is 18.2 Å². The first kappa shape index (κ1) is 9.32. The second kappa shape index (κ2) is 3.76. The normalized spacial score (nSPS) is 12.9. The minimum absolute atomic E-state index is 0.330. The van der Waals surface area contributed by atoms with Crippen LogP contribution in [0.1, 0.15) is 6.92 Å². The molecule has 1 rings (SSSR count). The second-order valence-electron chi connectivity index (χ2n) is 2.21. The van der Waals surface area contributed by atoms with Crippen LogP contribution in [0.2, 0.25) is 0 Å². The average Bonchev–Trinajstić information content (AvgIpc) is 2.08. The highest BCUT2D eigenvalue weighted by Crippen LogP contribution is 2.11. The first-order valence-electron chi connectivity index (χ1n) is 3.48. The van der Waals surface area contributed by atoms with E-state index in [9.17, 15) is 13.0 Å². The van der Waals surface area contributed by atoms with Crippen LogP contribution in [-0.2, 0) is 10.8 Å². The monoisotopic (exact) mass is 190 g/mol. The van der Waals surface area contributed by atoms with E-state index in [-0.39, 0.29) is 0 Å². The Balaban J connectivity index is 3.05. The lowest BCUT2D eigenvalue weighted by Gasteiger charge is -1.98. The fraction of sp³-hybridized carbons (Fsp3) is 0.250. The quantitative estimate of drug-likeness (QED) is 0.698.